The van der Waals surface area contributed by atoms with Crippen molar-refractivity contribution in [3.63, 3.8) is 0 Å². The minimum Gasteiger partial charge on any atom is -0.496 e. The van der Waals surface area contributed by atoms with Crippen LogP contribution in [0.15, 0.2) is 18.2 Å². The van der Waals surface area contributed by atoms with Crippen LogP contribution in [0.5, 0.6) is 5.75 Å². The summed E-state index contributed by atoms with van der Waals surface area (Å²) in [5, 5.41) is 0. The van der Waals surface area contributed by atoms with Gasteiger partial charge < -0.3 is 10.5 Å². The Hall–Kier alpha value is -1.07. The maximum Gasteiger partial charge on any atom is 0.150 e. The Morgan fingerprint density at radius 3 is 2.72 bits per heavy atom. The minimum absolute atomic E-state index is 0.00861. The highest BCUT2D eigenvalue weighted by molar-refractivity contribution is 7.91. The first-order chi connectivity index (χ1) is 8.43. The van der Waals surface area contributed by atoms with Gasteiger partial charge in [-0.2, -0.15) is 0 Å². The topological polar surface area (TPSA) is 69.4 Å². The van der Waals surface area contributed by atoms with Gasteiger partial charge in [0.25, 0.3) is 0 Å². The van der Waals surface area contributed by atoms with Crippen LogP contribution in [0.25, 0.3) is 0 Å². The Kier molecular flexibility index (Phi) is 3.64. The molecule has 1 aliphatic heterocycles. The summed E-state index contributed by atoms with van der Waals surface area (Å²) in [5.74, 6) is 1.16. The molecule has 0 aromatic heterocycles. The molecule has 0 bridgehead atoms. The fraction of sp³-hybridized carbons (Fsp3) is 0.538. The molecule has 2 rings (SSSR count). The Morgan fingerprint density at radius 2 is 2.17 bits per heavy atom. The molecule has 18 heavy (non-hydrogen) atoms. The first kappa shape index (κ1) is 13.4. The van der Waals surface area contributed by atoms with Crippen molar-refractivity contribution in [1.82, 2.24) is 0 Å². The van der Waals surface area contributed by atoms with E-state index < -0.39 is 9.84 Å². The first-order valence-electron chi connectivity index (χ1n) is 6.03. The Bertz CT molecular complexity index is 539. The number of ether oxygens (including phenoxy) is 1. The van der Waals surface area contributed by atoms with Gasteiger partial charge in [-0.05, 0) is 25.3 Å². The average Bonchev–Trinajstić information content (AvgIpc) is 2.68. The molecule has 1 aliphatic rings. The number of rotatable bonds is 3. The van der Waals surface area contributed by atoms with Crippen molar-refractivity contribution < 1.29 is 13.2 Å². The second-order valence-corrected chi connectivity index (χ2v) is 7.16. The van der Waals surface area contributed by atoms with Gasteiger partial charge in [0.2, 0.25) is 0 Å². The van der Waals surface area contributed by atoms with E-state index in [1.165, 1.54) is 0 Å². The molecule has 0 aliphatic carbocycles. The Morgan fingerprint density at radius 1 is 1.44 bits per heavy atom. The lowest BCUT2D eigenvalue weighted by Crippen LogP contribution is -2.23. The van der Waals surface area contributed by atoms with Gasteiger partial charge in [-0.1, -0.05) is 17.7 Å². The molecular formula is C13H19NO3S. The summed E-state index contributed by atoms with van der Waals surface area (Å²) in [4.78, 5) is 0. The van der Waals surface area contributed by atoms with E-state index in [9.17, 15) is 8.42 Å². The maximum atomic E-state index is 11.5. The second kappa shape index (κ2) is 4.90. The summed E-state index contributed by atoms with van der Waals surface area (Å²) in [5.41, 5.74) is 8.22. The molecule has 1 heterocycles. The predicted molar refractivity (Wildman–Crippen MR) is 71.4 cm³/mol. The highest BCUT2D eigenvalue weighted by Crippen LogP contribution is 2.34. The van der Waals surface area contributed by atoms with E-state index in [4.69, 9.17) is 10.5 Å². The monoisotopic (exact) mass is 269 g/mol. The van der Waals surface area contributed by atoms with Crippen LogP contribution in [0, 0.1) is 12.8 Å². The maximum absolute atomic E-state index is 11.5. The van der Waals surface area contributed by atoms with Crippen LogP contribution in [-0.4, -0.2) is 27.0 Å². The lowest BCUT2D eigenvalue weighted by molar-refractivity contribution is 0.392. The van der Waals surface area contributed by atoms with Gasteiger partial charge in [0.15, 0.2) is 9.84 Å². The van der Waals surface area contributed by atoms with Crippen LogP contribution in [-0.2, 0) is 9.84 Å². The summed E-state index contributed by atoms with van der Waals surface area (Å²) in [6, 6.07) is 5.54. The molecule has 1 aromatic rings. The van der Waals surface area contributed by atoms with Gasteiger partial charge >= 0.3 is 0 Å². The fourth-order valence-electron chi connectivity index (χ4n) is 2.48. The molecule has 5 heteroatoms. The molecule has 0 saturated carbocycles. The molecule has 4 nitrogen and oxygen atoms in total. The number of nitrogens with two attached hydrogens (primary N) is 1. The third kappa shape index (κ3) is 2.67. The zero-order chi connectivity index (χ0) is 13.3. The number of hydrogen-bond donors (Lipinski definition) is 1. The largest absolute Gasteiger partial charge is 0.496 e. The number of aryl methyl sites for hydroxylation is 1. The van der Waals surface area contributed by atoms with Crippen molar-refractivity contribution in [2.24, 2.45) is 11.7 Å². The number of hydrogen-bond acceptors (Lipinski definition) is 4. The molecule has 2 unspecified atom stereocenters. The average molecular weight is 269 g/mol. The number of sulfone groups is 1. The zero-order valence-electron chi connectivity index (χ0n) is 10.7. The van der Waals surface area contributed by atoms with E-state index in [0.29, 0.717) is 6.42 Å². The second-order valence-electron chi connectivity index (χ2n) is 4.93. The molecule has 2 N–H and O–H groups in total. The van der Waals surface area contributed by atoms with E-state index in [1.807, 2.05) is 25.1 Å². The minimum atomic E-state index is -2.90. The van der Waals surface area contributed by atoms with Crippen molar-refractivity contribution in [2.45, 2.75) is 19.4 Å². The predicted octanol–water partition coefficient (Wildman–Crippen LogP) is 1.44. The Balaban J connectivity index is 2.28. The van der Waals surface area contributed by atoms with Crippen LogP contribution in [0.4, 0.5) is 0 Å². The molecule has 1 saturated heterocycles. The van der Waals surface area contributed by atoms with Gasteiger partial charge in [0.05, 0.1) is 18.6 Å². The van der Waals surface area contributed by atoms with Crippen LogP contribution < -0.4 is 10.5 Å². The van der Waals surface area contributed by atoms with Gasteiger partial charge in [-0.3, -0.25) is 0 Å². The van der Waals surface area contributed by atoms with E-state index >= 15 is 0 Å². The third-order valence-electron chi connectivity index (χ3n) is 3.52. The zero-order valence-corrected chi connectivity index (χ0v) is 11.5. The lowest BCUT2D eigenvalue weighted by atomic mass is 9.92. The molecule has 1 fully saturated rings. The van der Waals surface area contributed by atoms with Gasteiger partial charge in [0, 0.05) is 11.6 Å². The van der Waals surface area contributed by atoms with Gasteiger partial charge in [0.1, 0.15) is 5.75 Å². The summed E-state index contributed by atoms with van der Waals surface area (Å²) in [7, 11) is -1.30. The highest BCUT2D eigenvalue weighted by atomic mass is 32.2. The van der Waals surface area contributed by atoms with Crippen LogP contribution in [0.2, 0.25) is 0 Å². The van der Waals surface area contributed by atoms with Crippen LogP contribution in [0.1, 0.15) is 23.6 Å². The summed E-state index contributed by atoms with van der Waals surface area (Å²) < 4.78 is 28.3. The van der Waals surface area contributed by atoms with Crippen molar-refractivity contribution in [1.29, 1.82) is 0 Å². The normalized spacial score (nSPS) is 23.8. The molecule has 0 amide bonds. The smallest absolute Gasteiger partial charge is 0.150 e. The molecule has 0 spiro atoms. The van der Waals surface area contributed by atoms with Crippen LogP contribution in [0.3, 0.4) is 0 Å². The molecule has 0 radical (unpaired) electrons. The van der Waals surface area contributed by atoms with Crippen molar-refractivity contribution in [2.75, 3.05) is 18.6 Å². The summed E-state index contributed by atoms with van der Waals surface area (Å²) in [6.45, 7) is 1.99. The van der Waals surface area contributed by atoms with Crippen molar-refractivity contribution in [3.05, 3.63) is 29.3 Å². The summed E-state index contributed by atoms with van der Waals surface area (Å²) >= 11 is 0. The number of methoxy groups -OCH3 is 1. The molecular weight excluding hydrogens is 250 g/mol. The van der Waals surface area contributed by atoms with Crippen molar-refractivity contribution in [3.8, 4) is 5.75 Å². The molecule has 100 valence electrons. The van der Waals surface area contributed by atoms with Crippen LogP contribution >= 0.6 is 0 Å². The van der Waals surface area contributed by atoms with Gasteiger partial charge in [-0.15, -0.1) is 0 Å². The third-order valence-corrected chi connectivity index (χ3v) is 5.31. The first-order valence-corrected chi connectivity index (χ1v) is 7.85. The summed E-state index contributed by atoms with van der Waals surface area (Å²) in [6.07, 6.45) is 0.639. The standard InChI is InChI=1S/C13H19NO3S/c1-9-3-4-12(17-2)11(7-9)13(14)10-5-6-18(15,16)8-10/h3-4,7,10,13H,5-6,8,14H2,1-2H3. The lowest BCUT2D eigenvalue weighted by Gasteiger charge is -2.21. The quantitative estimate of drug-likeness (QED) is 0.901. The van der Waals surface area contributed by atoms with Gasteiger partial charge in [-0.25, -0.2) is 8.42 Å². The van der Waals surface area contributed by atoms with E-state index in [-0.39, 0.29) is 23.5 Å². The Labute approximate surface area is 108 Å². The molecule has 1 aromatic carbocycles. The fourth-order valence-corrected chi connectivity index (χ4v) is 4.33. The molecule has 2 atom stereocenters. The van der Waals surface area contributed by atoms with E-state index in [2.05, 4.69) is 0 Å². The highest BCUT2D eigenvalue weighted by Gasteiger charge is 2.33. The number of benzene rings is 1. The van der Waals surface area contributed by atoms with E-state index in [1.54, 1.807) is 7.11 Å². The van der Waals surface area contributed by atoms with E-state index in [0.717, 1.165) is 16.9 Å². The van der Waals surface area contributed by atoms with Crippen molar-refractivity contribution >= 4 is 9.84 Å². The SMILES string of the molecule is COc1ccc(C)cc1C(N)C1CCS(=O)(=O)C1.